The number of rotatable bonds is 4. The molecule has 1 unspecified atom stereocenters. The lowest BCUT2D eigenvalue weighted by molar-refractivity contribution is -0.117. The lowest BCUT2D eigenvalue weighted by Crippen LogP contribution is -2.24. The average molecular weight is 397 g/mol. The summed E-state index contributed by atoms with van der Waals surface area (Å²) in [4.78, 5) is 20.8. The molecule has 2 aromatic carbocycles. The number of hydrogen-bond donors (Lipinski definition) is 0. The van der Waals surface area contributed by atoms with Crippen LogP contribution >= 0.6 is 11.6 Å². The summed E-state index contributed by atoms with van der Waals surface area (Å²) in [6.07, 6.45) is 0.351. The lowest BCUT2D eigenvalue weighted by Gasteiger charge is -2.17. The van der Waals surface area contributed by atoms with Gasteiger partial charge in [0.05, 0.1) is 0 Å². The number of hydrogen-bond acceptors (Lipinski definition) is 5. The number of carbonyl (C=O) groups is 1. The van der Waals surface area contributed by atoms with Crippen molar-refractivity contribution < 1.29 is 9.32 Å². The van der Waals surface area contributed by atoms with Gasteiger partial charge in [0, 0.05) is 54.9 Å². The predicted octanol–water partition coefficient (Wildman–Crippen LogP) is 4.28. The Labute approximate surface area is 168 Å². The van der Waals surface area contributed by atoms with E-state index in [-0.39, 0.29) is 11.8 Å². The van der Waals surface area contributed by atoms with Crippen LogP contribution in [0.25, 0.3) is 11.5 Å². The Morgan fingerprint density at radius 2 is 1.93 bits per heavy atom. The third-order valence-corrected chi connectivity index (χ3v) is 5.44. The van der Waals surface area contributed by atoms with E-state index in [4.69, 9.17) is 16.1 Å². The third-order valence-electron chi connectivity index (χ3n) is 5.03. The Hall–Kier alpha value is -2.86. The van der Waals surface area contributed by atoms with Gasteiger partial charge in [-0.3, -0.25) is 4.79 Å². The molecule has 6 nitrogen and oxygen atoms in total. The molecule has 0 saturated carbocycles. The number of benzene rings is 2. The molecule has 1 aliphatic rings. The van der Waals surface area contributed by atoms with Crippen LogP contribution in [0.15, 0.2) is 47.0 Å². The molecule has 144 valence electrons. The van der Waals surface area contributed by atoms with Crippen molar-refractivity contribution in [2.45, 2.75) is 19.3 Å². The summed E-state index contributed by atoms with van der Waals surface area (Å²) in [5.74, 6) is 0.947. The highest BCUT2D eigenvalue weighted by atomic mass is 35.5. The smallest absolute Gasteiger partial charge is 0.257 e. The van der Waals surface area contributed by atoms with E-state index >= 15 is 0 Å². The quantitative estimate of drug-likeness (QED) is 0.658. The van der Waals surface area contributed by atoms with Crippen molar-refractivity contribution in [1.82, 2.24) is 10.1 Å². The van der Waals surface area contributed by atoms with Crippen LogP contribution in [0.5, 0.6) is 0 Å². The molecular weight excluding hydrogens is 376 g/mol. The molecule has 0 radical (unpaired) electrons. The largest absolute Gasteiger partial charge is 0.378 e. The normalized spacial score (nSPS) is 16.6. The highest BCUT2D eigenvalue weighted by Crippen LogP contribution is 2.33. The first-order chi connectivity index (χ1) is 13.4. The van der Waals surface area contributed by atoms with Gasteiger partial charge in [0.15, 0.2) is 5.82 Å². The molecule has 0 spiro atoms. The molecule has 1 aromatic heterocycles. The SMILES string of the molecule is Cc1ccc(N2CC(c3noc(-c4ccc(N(C)C)cc4)n3)CC2=O)cc1Cl. The number of nitrogens with zero attached hydrogens (tertiary/aromatic N) is 4. The molecule has 0 bridgehead atoms. The van der Waals surface area contributed by atoms with Crippen molar-refractivity contribution in [3.63, 3.8) is 0 Å². The zero-order chi connectivity index (χ0) is 19.8. The monoisotopic (exact) mass is 396 g/mol. The summed E-state index contributed by atoms with van der Waals surface area (Å²) in [6, 6.07) is 13.6. The first-order valence-electron chi connectivity index (χ1n) is 9.10. The van der Waals surface area contributed by atoms with Gasteiger partial charge in [0.2, 0.25) is 5.91 Å². The van der Waals surface area contributed by atoms with Gasteiger partial charge in [0.1, 0.15) is 0 Å². The van der Waals surface area contributed by atoms with Crippen LogP contribution < -0.4 is 9.80 Å². The third kappa shape index (κ3) is 3.47. The Morgan fingerprint density at radius 1 is 1.18 bits per heavy atom. The molecule has 1 saturated heterocycles. The summed E-state index contributed by atoms with van der Waals surface area (Å²) in [5, 5.41) is 4.77. The van der Waals surface area contributed by atoms with E-state index in [1.165, 1.54) is 0 Å². The number of amides is 1. The van der Waals surface area contributed by atoms with Gasteiger partial charge < -0.3 is 14.3 Å². The van der Waals surface area contributed by atoms with E-state index in [2.05, 4.69) is 10.1 Å². The van der Waals surface area contributed by atoms with E-state index in [0.29, 0.717) is 29.7 Å². The summed E-state index contributed by atoms with van der Waals surface area (Å²) in [6.45, 7) is 2.45. The van der Waals surface area contributed by atoms with E-state index in [1.807, 2.05) is 68.4 Å². The van der Waals surface area contributed by atoms with Gasteiger partial charge in [-0.25, -0.2) is 0 Å². The zero-order valence-corrected chi connectivity index (χ0v) is 16.8. The van der Waals surface area contributed by atoms with Gasteiger partial charge >= 0.3 is 0 Å². The van der Waals surface area contributed by atoms with Crippen molar-refractivity contribution in [2.24, 2.45) is 0 Å². The first kappa shape index (κ1) is 18.5. The molecular formula is C21H21ClN4O2. The summed E-state index contributed by atoms with van der Waals surface area (Å²) in [7, 11) is 3.98. The van der Waals surface area contributed by atoms with Gasteiger partial charge in [-0.2, -0.15) is 4.98 Å². The van der Waals surface area contributed by atoms with E-state index in [9.17, 15) is 4.79 Å². The van der Waals surface area contributed by atoms with Crippen LogP contribution in [0.4, 0.5) is 11.4 Å². The molecule has 28 heavy (non-hydrogen) atoms. The molecule has 0 N–H and O–H groups in total. The molecule has 1 aliphatic heterocycles. The van der Waals surface area contributed by atoms with E-state index < -0.39 is 0 Å². The van der Waals surface area contributed by atoms with Crippen LogP contribution in [-0.4, -0.2) is 36.7 Å². The molecule has 2 heterocycles. The van der Waals surface area contributed by atoms with Crippen molar-refractivity contribution >= 4 is 28.9 Å². The molecule has 3 aromatic rings. The van der Waals surface area contributed by atoms with Gasteiger partial charge in [-0.05, 0) is 48.9 Å². The fraction of sp³-hybridized carbons (Fsp3) is 0.286. The molecule has 0 aliphatic carbocycles. The Kier molecular flexibility index (Phi) is 4.81. The van der Waals surface area contributed by atoms with E-state index in [1.54, 1.807) is 4.90 Å². The molecule has 1 fully saturated rings. The fourth-order valence-corrected chi connectivity index (χ4v) is 3.47. The first-order valence-corrected chi connectivity index (χ1v) is 9.48. The van der Waals surface area contributed by atoms with Gasteiger partial charge in [-0.1, -0.05) is 22.8 Å². The van der Waals surface area contributed by atoms with Crippen LogP contribution in [0.2, 0.25) is 5.02 Å². The second-order valence-electron chi connectivity index (χ2n) is 7.24. The van der Waals surface area contributed by atoms with Gasteiger partial charge in [0.25, 0.3) is 5.89 Å². The Balaban J connectivity index is 1.53. The maximum Gasteiger partial charge on any atom is 0.257 e. The molecule has 4 rings (SSSR count). The minimum Gasteiger partial charge on any atom is -0.378 e. The van der Waals surface area contributed by atoms with Crippen molar-refractivity contribution in [2.75, 3.05) is 30.4 Å². The van der Waals surface area contributed by atoms with Crippen LogP contribution in [0, 0.1) is 6.92 Å². The second-order valence-corrected chi connectivity index (χ2v) is 7.65. The minimum atomic E-state index is -0.105. The van der Waals surface area contributed by atoms with Crippen LogP contribution in [-0.2, 0) is 4.79 Å². The summed E-state index contributed by atoms with van der Waals surface area (Å²) >= 11 is 6.21. The van der Waals surface area contributed by atoms with Crippen molar-refractivity contribution in [3.05, 3.63) is 58.9 Å². The van der Waals surface area contributed by atoms with Crippen molar-refractivity contribution in [1.29, 1.82) is 0 Å². The molecule has 1 amide bonds. The Bertz CT molecular complexity index is 1010. The maximum atomic E-state index is 12.5. The van der Waals surface area contributed by atoms with Gasteiger partial charge in [-0.15, -0.1) is 0 Å². The number of aromatic nitrogens is 2. The number of carbonyl (C=O) groups excluding carboxylic acids is 1. The highest BCUT2D eigenvalue weighted by Gasteiger charge is 2.34. The average Bonchev–Trinajstić information content (AvgIpc) is 3.31. The van der Waals surface area contributed by atoms with Crippen LogP contribution in [0.3, 0.4) is 0 Å². The zero-order valence-electron chi connectivity index (χ0n) is 16.0. The fourth-order valence-electron chi connectivity index (χ4n) is 3.30. The van der Waals surface area contributed by atoms with Crippen LogP contribution in [0.1, 0.15) is 23.7 Å². The number of anilines is 2. The van der Waals surface area contributed by atoms with E-state index in [0.717, 1.165) is 22.5 Å². The topological polar surface area (TPSA) is 62.5 Å². The number of halogens is 1. The summed E-state index contributed by atoms with van der Waals surface area (Å²) in [5.41, 5.74) is 3.73. The molecule has 1 atom stereocenters. The predicted molar refractivity (Wildman–Crippen MR) is 110 cm³/mol. The second kappa shape index (κ2) is 7.28. The van der Waals surface area contributed by atoms with Crippen molar-refractivity contribution in [3.8, 4) is 11.5 Å². The Morgan fingerprint density at radius 3 is 2.61 bits per heavy atom. The standard InChI is InChI=1S/C21H21ClN4O2/c1-13-4-7-17(11-18(13)22)26-12-15(10-19(26)27)20-23-21(28-24-20)14-5-8-16(9-6-14)25(2)3/h4-9,11,15H,10,12H2,1-3H3. The maximum absolute atomic E-state index is 12.5. The lowest BCUT2D eigenvalue weighted by atomic mass is 10.1. The summed E-state index contributed by atoms with van der Waals surface area (Å²) < 4.78 is 5.45. The highest BCUT2D eigenvalue weighted by molar-refractivity contribution is 6.31. The minimum absolute atomic E-state index is 0.0339. The molecule has 7 heteroatoms. The number of aryl methyl sites for hydroxylation is 1.